The zero-order valence-corrected chi connectivity index (χ0v) is 19.0. The van der Waals surface area contributed by atoms with Gasteiger partial charge in [0.15, 0.2) is 11.5 Å². The Morgan fingerprint density at radius 1 is 1.19 bits per heavy atom. The molecule has 1 aliphatic heterocycles. The molecule has 1 aliphatic carbocycles. The second-order valence-corrected chi connectivity index (χ2v) is 9.20. The molecule has 0 bridgehead atoms. The number of fused-ring (bicyclic) bond motifs is 3. The van der Waals surface area contributed by atoms with Crippen molar-refractivity contribution in [1.29, 1.82) is 5.26 Å². The minimum atomic E-state index is 0.230. The van der Waals surface area contributed by atoms with Gasteiger partial charge in [0.05, 0.1) is 10.4 Å². The van der Waals surface area contributed by atoms with Crippen molar-refractivity contribution in [3.05, 3.63) is 58.8 Å². The van der Waals surface area contributed by atoms with Crippen LogP contribution in [0.4, 0.5) is 0 Å². The van der Waals surface area contributed by atoms with Crippen molar-refractivity contribution in [3.63, 3.8) is 0 Å². The van der Waals surface area contributed by atoms with Crippen LogP contribution in [0, 0.1) is 11.3 Å². The highest BCUT2D eigenvalue weighted by Gasteiger charge is 2.25. The van der Waals surface area contributed by atoms with Crippen LogP contribution >= 0.6 is 24.0 Å². The predicted octanol–water partition coefficient (Wildman–Crippen LogP) is 6.68. The molecule has 0 saturated carbocycles. The summed E-state index contributed by atoms with van der Waals surface area (Å²) in [6.45, 7) is 2.22. The standard InChI is InChI=1S/C25H22N2O2S2/c1-2-3-9-21(30)22-16-7-5-4-6-8-18(16)27-25-23(22)17(13-26)24(31-25)15-10-11-19-20(12-15)29-14-28-19/h2-3,9-12,30H,4-8,14H2,1H3/b3-2-,21-9-. The summed E-state index contributed by atoms with van der Waals surface area (Å²) in [5.41, 5.74) is 5.09. The van der Waals surface area contributed by atoms with Gasteiger partial charge < -0.3 is 9.47 Å². The number of aryl methyl sites for hydroxylation is 1. The quantitative estimate of drug-likeness (QED) is 0.277. The molecule has 3 aromatic rings. The first-order valence-corrected chi connectivity index (χ1v) is 11.8. The van der Waals surface area contributed by atoms with Crippen molar-refractivity contribution in [2.45, 2.75) is 39.0 Å². The fourth-order valence-electron chi connectivity index (χ4n) is 4.36. The Morgan fingerprint density at radius 2 is 2.03 bits per heavy atom. The number of hydrogen-bond acceptors (Lipinski definition) is 6. The maximum atomic E-state index is 10.2. The molecular formula is C25H22N2O2S2. The van der Waals surface area contributed by atoms with E-state index in [1.807, 2.05) is 43.4 Å². The van der Waals surface area contributed by atoms with E-state index in [9.17, 15) is 5.26 Å². The first-order valence-electron chi connectivity index (χ1n) is 10.5. The van der Waals surface area contributed by atoms with Crippen LogP contribution in [0.3, 0.4) is 0 Å². The molecule has 2 aliphatic rings. The number of ether oxygens (including phenoxy) is 2. The van der Waals surface area contributed by atoms with Crippen LogP contribution in [0.15, 0.2) is 36.4 Å². The lowest BCUT2D eigenvalue weighted by atomic mass is 9.95. The van der Waals surface area contributed by atoms with Gasteiger partial charge >= 0.3 is 0 Å². The van der Waals surface area contributed by atoms with Gasteiger partial charge in [-0.05, 0) is 68.0 Å². The summed E-state index contributed by atoms with van der Waals surface area (Å²) in [5.74, 6) is 1.45. The number of thiol groups is 1. The van der Waals surface area contributed by atoms with Gasteiger partial charge in [0.2, 0.25) is 6.79 Å². The maximum Gasteiger partial charge on any atom is 0.231 e. The Bertz CT molecular complexity index is 1280. The number of hydrogen-bond donors (Lipinski definition) is 1. The van der Waals surface area contributed by atoms with Crippen LogP contribution in [-0.2, 0) is 12.8 Å². The van der Waals surface area contributed by atoms with E-state index in [1.165, 1.54) is 12.0 Å². The lowest BCUT2D eigenvalue weighted by Crippen LogP contribution is -2.01. The van der Waals surface area contributed by atoms with Crippen LogP contribution in [-0.4, -0.2) is 11.8 Å². The molecule has 5 rings (SSSR count). The molecule has 3 heterocycles. The molecule has 6 heteroatoms. The Labute approximate surface area is 191 Å². The molecule has 0 N–H and O–H groups in total. The fraction of sp³-hybridized carbons (Fsp3) is 0.280. The molecule has 4 nitrogen and oxygen atoms in total. The molecule has 0 amide bonds. The monoisotopic (exact) mass is 446 g/mol. The van der Waals surface area contributed by atoms with E-state index in [-0.39, 0.29) is 6.79 Å². The molecular weight excluding hydrogens is 424 g/mol. The maximum absolute atomic E-state index is 10.2. The van der Waals surface area contributed by atoms with Crippen molar-refractivity contribution < 1.29 is 9.47 Å². The molecule has 0 unspecified atom stereocenters. The zero-order valence-electron chi connectivity index (χ0n) is 17.3. The predicted molar refractivity (Wildman–Crippen MR) is 129 cm³/mol. The van der Waals surface area contributed by atoms with Gasteiger partial charge in [-0.15, -0.1) is 24.0 Å². The second kappa shape index (κ2) is 8.41. The van der Waals surface area contributed by atoms with E-state index in [2.05, 4.69) is 6.07 Å². The summed E-state index contributed by atoms with van der Waals surface area (Å²) < 4.78 is 11.0. The Kier molecular flexibility index (Phi) is 5.47. The number of pyridine rings is 1. The van der Waals surface area contributed by atoms with Crippen molar-refractivity contribution in [2.75, 3.05) is 6.79 Å². The van der Waals surface area contributed by atoms with Crippen LogP contribution in [0.25, 0.3) is 25.6 Å². The lowest BCUT2D eigenvalue weighted by molar-refractivity contribution is 0.174. The number of benzene rings is 1. The van der Waals surface area contributed by atoms with Crippen molar-refractivity contribution in [3.8, 4) is 28.0 Å². The molecule has 31 heavy (non-hydrogen) atoms. The summed E-state index contributed by atoms with van der Waals surface area (Å²) in [4.78, 5) is 7.76. The summed E-state index contributed by atoms with van der Waals surface area (Å²) in [7, 11) is 0. The average Bonchev–Trinajstić information content (AvgIpc) is 3.32. The minimum absolute atomic E-state index is 0.230. The summed E-state index contributed by atoms with van der Waals surface area (Å²) in [6.07, 6.45) is 11.4. The molecule has 0 saturated heterocycles. The van der Waals surface area contributed by atoms with Gasteiger partial charge in [0, 0.05) is 21.5 Å². The highest BCUT2D eigenvalue weighted by Crippen LogP contribution is 2.46. The van der Waals surface area contributed by atoms with Crippen LogP contribution in [0.1, 0.15) is 48.6 Å². The first-order chi connectivity index (χ1) is 15.2. The SMILES string of the molecule is C/C=C\C=C(/S)c1c2c(nc3sc(-c4ccc5c(c4)OCO5)c(C#N)c13)CCCCC2. The molecule has 156 valence electrons. The van der Waals surface area contributed by atoms with Gasteiger partial charge in [0.1, 0.15) is 10.9 Å². The largest absolute Gasteiger partial charge is 0.454 e. The average molecular weight is 447 g/mol. The molecule has 0 atom stereocenters. The van der Waals surface area contributed by atoms with Crippen molar-refractivity contribution >= 4 is 39.1 Å². The molecule has 0 fully saturated rings. The number of nitriles is 1. The fourth-order valence-corrected chi connectivity index (χ4v) is 5.85. The summed E-state index contributed by atoms with van der Waals surface area (Å²) in [5, 5.41) is 11.1. The first kappa shape index (κ1) is 20.2. The van der Waals surface area contributed by atoms with Gasteiger partial charge in [-0.25, -0.2) is 4.98 Å². The van der Waals surface area contributed by atoms with Crippen LogP contribution < -0.4 is 9.47 Å². The number of thiophene rings is 1. The number of rotatable bonds is 3. The highest BCUT2D eigenvalue weighted by atomic mass is 32.1. The third kappa shape index (κ3) is 3.52. The Morgan fingerprint density at radius 3 is 2.87 bits per heavy atom. The highest BCUT2D eigenvalue weighted by molar-refractivity contribution is 7.90. The normalized spacial score (nSPS) is 15.8. The van der Waals surface area contributed by atoms with Crippen molar-refractivity contribution in [1.82, 2.24) is 4.98 Å². The van der Waals surface area contributed by atoms with Gasteiger partial charge in [-0.2, -0.15) is 5.26 Å². The van der Waals surface area contributed by atoms with Crippen molar-refractivity contribution in [2.24, 2.45) is 0 Å². The number of nitrogens with zero attached hydrogens (tertiary/aromatic N) is 2. The van der Waals surface area contributed by atoms with Gasteiger partial charge in [0.25, 0.3) is 0 Å². The third-order valence-electron chi connectivity index (χ3n) is 5.82. The lowest BCUT2D eigenvalue weighted by Gasteiger charge is -2.14. The van der Waals surface area contributed by atoms with Crippen LogP contribution in [0.5, 0.6) is 11.5 Å². The van der Waals surface area contributed by atoms with E-state index in [0.29, 0.717) is 11.3 Å². The van der Waals surface area contributed by atoms with E-state index in [0.717, 1.165) is 68.3 Å². The van der Waals surface area contributed by atoms with E-state index in [1.54, 1.807) is 11.3 Å². The van der Waals surface area contributed by atoms with E-state index in [4.69, 9.17) is 27.1 Å². The molecule has 2 aromatic heterocycles. The molecule has 0 radical (unpaired) electrons. The number of aromatic nitrogens is 1. The Hall–Kier alpha value is -2.75. The smallest absolute Gasteiger partial charge is 0.231 e. The topological polar surface area (TPSA) is 55.1 Å². The molecule has 1 aromatic carbocycles. The van der Waals surface area contributed by atoms with Gasteiger partial charge in [-0.1, -0.05) is 18.6 Å². The number of allylic oxidation sites excluding steroid dienone is 3. The second-order valence-electron chi connectivity index (χ2n) is 7.72. The van der Waals surface area contributed by atoms with Gasteiger partial charge in [-0.3, -0.25) is 0 Å². The zero-order chi connectivity index (χ0) is 21.4. The third-order valence-corrected chi connectivity index (χ3v) is 7.32. The van der Waals surface area contributed by atoms with E-state index >= 15 is 0 Å². The van der Waals surface area contributed by atoms with Crippen LogP contribution in [0.2, 0.25) is 0 Å². The summed E-state index contributed by atoms with van der Waals surface area (Å²) in [6, 6.07) is 8.32. The Balaban J connectivity index is 1.80. The summed E-state index contributed by atoms with van der Waals surface area (Å²) >= 11 is 6.45. The minimum Gasteiger partial charge on any atom is -0.454 e. The van der Waals surface area contributed by atoms with E-state index < -0.39 is 0 Å². The molecule has 0 spiro atoms.